The smallest absolute Gasteiger partial charge is 0.261 e. The van der Waals surface area contributed by atoms with Gasteiger partial charge in [0.05, 0.1) is 31.5 Å². The van der Waals surface area contributed by atoms with Crippen LogP contribution in [-0.4, -0.2) is 54.5 Å². The largest absolute Gasteiger partial charge is 0.493 e. The number of aliphatic hydroxyl groups excluding tert-OH is 1. The summed E-state index contributed by atoms with van der Waals surface area (Å²) in [7, 11) is 3.01. The standard InChI is InChI=1S/C22H24N2O6/c1-12(2)24-21(27)15-7-5-14(9-16(15)22(24)28)20(26)23-11-17(25)13-6-8-18(29-3)19(10-13)30-4/h5-10,12,17,25H,11H2,1-4H3,(H,23,26). The van der Waals surface area contributed by atoms with Gasteiger partial charge in [-0.3, -0.25) is 19.3 Å². The van der Waals surface area contributed by atoms with E-state index in [1.165, 1.54) is 37.3 Å². The summed E-state index contributed by atoms with van der Waals surface area (Å²) in [5.74, 6) is -0.228. The van der Waals surface area contributed by atoms with Crippen LogP contribution in [0.2, 0.25) is 0 Å². The number of carbonyl (C=O) groups excluding carboxylic acids is 3. The van der Waals surface area contributed by atoms with Gasteiger partial charge in [-0.1, -0.05) is 6.07 Å². The first-order chi connectivity index (χ1) is 14.3. The van der Waals surface area contributed by atoms with Crippen molar-refractivity contribution in [3.8, 4) is 11.5 Å². The average molecular weight is 412 g/mol. The normalized spacial score (nSPS) is 14.0. The minimum absolute atomic E-state index is 0.0452. The molecule has 0 bridgehead atoms. The van der Waals surface area contributed by atoms with Gasteiger partial charge >= 0.3 is 0 Å². The van der Waals surface area contributed by atoms with Gasteiger partial charge in [-0.2, -0.15) is 0 Å². The maximum atomic E-state index is 12.5. The van der Waals surface area contributed by atoms with E-state index in [1.54, 1.807) is 32.0 Å². The molecule has 158 valence electrons. The van der Waals surface area contributed by atoms with Crippen LogP contribution in [0.5, 0.6) is 11.5 Å². The molecule has 2 aromatic carbocycles. The van der Waals surface area contributed by atoms with Crippen LogP contribution in [-0.2, 0) is 0 Å². The van der Waals surface area contributed by atoms with E-state index in [0.29, 0.717) is 17.1 Å². The number of fused-ring (bicyclic) bond motifs is 1. The van der Waals surface area contributed by atoms with Gasteiger partial charge in [-0.15, -0.1) is 0 Å². The lowest BCUT2D eigenvalue weighted by molar-refractivity contribution is 0.0609. The van der Waals surface area contributed by atoms with Crippen LogP contribution in [0.3, 0.4) is 0 Å². The Morgan fingerprint density at radius 1 is 1.00 bits per heavy atom. The van der Waals surface area contributed by atoms with Crippen LogP contribution in [0.15, 0.2) is 36.4 Å². The molecule has 0 spiro atoms. The number of methoxy groups -OCH3 is 2. The SMILES string of the molecule is COc1ccc(C(O)CNC(=O)c2ccc3c(c2)C(=O)N(C(C)C)C3=O)cc1OC. The summed E-state index contributed by atoms with van der Waals surface area (Å²) in [5, 5.41) is 13.1. The second-order valence-electron chi connectivity index (χ2n) is 7.17. The predicted octanol–water partition coefficient (Wildman–Crippen LogP) is 2.17. The number of ether oxygens (including phenoxy) is 2. The van der Waals surface area contributed by atoms with Gasteiger partial charge in [0.25, 0.3) is 17.7 Å². The number of carbonyl (C=O) groups is 3. The molecule has 0 radical (unpaired) electrons. The van der Waals surface area contributed by atoms with Gasteiger partial charge in [0.2, 0.25) is 0 Å². The number of benzene rings is 2. The highest BCUT2D eigenvalue weighted by atomic mass is 16.5. The highest BCUT2D eigenvalue weighted by molar-refractivity contribution is 6.22. The van der Waals surface area contributed by atoms with E-state index in [2.05, 4.69) is 5.32 Å². The first-order valence-electron chi connectivity index (χ1n) is 9.48. The number of imide groups is 1. The van der Waals surface area contributed by atoms with Crippen molar-refractivity contribution in [3.63, 3.8) is 0 Å². The Morgan fingerprint density at radius 2 is 1.67 bits per heavy atom. The second kappa shape index (κ2) is 8.54. The third-order valence-corrected chi connectivity index (χ3v) is 4.94. The van der Waals surface area contributed by atoms with Gasteiger partial charge in [0.1, 0.15) is 0 Å². The Bertz CT molecular complexity index is 1000. The number of nitrogens with one attached hydrogen (secondary N) is 1. The zero-order valence-electron chi connectivity index (χ0n) is 17.3. The summed E-state index contributed by atoms with van der Waals surface area (Å²) in [6, 6.07) is 9.10. The zero-order valence-corrected chi connectivity index (χ0v) is 17.3. The van der Waals surface area contributed by atoms with E-state index >= 15 is 0 Å². The molecule has 0 fully saturated rings. The van der Waals surface area contributed by atoms with Gasteiger partial charge in [0.15, 0.2) is 11.5 Å². The van der Waals surface area contributed by atoms with Gasteiger partial charge in [-0.25, -0.2) is 0 Å². The average Bonchev–Trinajstić information content (AvgIpc) is 3.00. The molecular formula is C22H24N2O6. The molecule has 3 rings (SSSR count). The number of amides is 3. The minimum Gasteiger partial charge on any atom is -0.493 e. The third-order valence-electron chi connectivity index (χ3n) is 4.94. The van der Waals surface area contributed by atoms with Crippen molar-refractivity contribution in [2.75, 3.05) is 20.8 Å². The van der Waals surface area contributed by atoms with E-state index in [0.717, 1.165) is 0 Å². The predicted molar refractivity (Wildman–Crippen MR) is 109 cm³/mol. The number of hydrogen-bond donors (Lipinski definition) is 2. The van der Waals surface area contributed by atoms with E-state index in [9.17, 15) is 19.5 Å². The summed E-state index contributed by atoms with van der Waals surface area (Å²) in [5.41, 5.74) is 1.28. The Labute approximate surface area is 174 Å². The minimum atomic E-state index is -0.970. The maximum Gasteiger partial charge on any atom is 0.261 e. The van der Waals surface area contributed by atoms with Gasteiger partial charge < -0.3 is 19.9 Å². The fraction of sp³-hybridized carbons (Fsp3) is 0.318. The molecule has 8 heteroatoms. The van der Waals surface area contributed by atoms with Crippen molar-refractivity contribution < 1.29 is 29.0 Å². The molecule has 0 saturated heterocycles. The summed E-state index contributed by atoms with van der Waals surface area (Å²) >= 11 is 0. The topological polar surface area (TPSA) is 105 Å². The van der Waals surface area contributed by atoms with Crippen LogP contribution >= 0.6 is 0 Å². The number of nitrogens with zero attached hydrogens (tertiary/aromatic N) is 1. The fourth-order valence-corrected chi connectivity index (χ4v) is 3.34. The van der Waals surface area contributed by atoms with Crippen molar-refractivity contribution >= 4 is 17.7 Å². The highest BCUT2D eigenvalue weighted by Gasteiger charge is 2.37. The van der Waals surface area contributed by atoms with Crippen LogP contribution < -0.4 is 14.8 Å². The monoisotopic (exact) mass is 412 g/mol. The Morgan fingerprint density at radius 3 is 2.30 bits per heavy atom. The van der Waals surface area contributed by atoms with Crippen molar-refractivity contribution in [3.05, 3.63) is 58.7 Å². The maximum absolute atomic E-state index is 12.5. The molecule has 1 atom stereocenters. The van der Waals surface area contributed by atoms with Crippen LogP contribution in [0, 0.1) is 0 Å². The molecule has 1 heterocycles. The van der Waals surface area contributed by atoms with Crippen LogP contribution in [0.1, 0.15) is 56.6 Å². The van der Waals surface area contributed by atoms with Crippen molar-refractivity contribution in [2.24, 2.45) is 0 Å². The summed E-state index contributed by atoms with van der Waals surface area (Å²) in [6.07, 6.45) is -0.970. The number of hydrogen-bond acceptors (Lipinski definition) is 6. The highest BCUT2D eigenvalue weighted by Crippen LogP contribution is 2.30. The lowest BCUT2D eigenvalue weighted by Gasteiger charge is -2.17. The molecule has 0 aliphatic carbocycles. The lowest BCUT2D eigenvalue weighted by Crippen LogP contribution is -2.35. The number of aliphatic hydroxyl groups is 1. The molecule has 1 unspecified atom stereocenters. The Hall–Kier alpha value is -3.39. The van der Waals surface area contributed by atoms with Crippen molar-refractivity contribution in [1.82, 2.24) is 10.2 Å². The molecule has 30 heavy (non-hydrogen) atoms. The number of rotatable bonds is 7. The molecule has 2 N–H and O–H groups in total. The lowest BCUT2D eigenvalue weighted by atomic mass is 10.0. The summed E-state index contributed by atoms with van der Waals surface area (Å²) < 4.78 is 10.4. The van der Waals surface area contributed by atoms with Crippen LogP contribution in [0.4, 0.5) is 0 Å². The van der Waals surface area contributed by atoms with E-state index < -0.39 is 17.9 Å². The van der Waals surface area contributed by atoms with E-state index in [1.807, 2.05) is 0 Å². The summed E-state index contributed by atoms with van der Waals surface area (Å²) in [6.45, 7) is 3.46. The molecule has 8 nitrogen and oxygen atoms in total. The third kappa shape index (κ3) is 3.86. The molecular weight excluding hydrogens is 388 g/mol. The quantitative estimate of drug-likeness (QED) is 0.676. The van der Waals surface area contributed by atoms with Crippen LogP contribution in [0.25, 0.3) is 0 Å². The molecule has 2 aromatic rings. The first kappa shape index (κ1) is 21.3. The van der Waals surface area contributed by atoms with Crippen molar-refractivity contribution in [1.29, 1.82) is 0 Å². The van der Waals surface area contributed by atoms with Crippen molar-refractivity contribution in [2.45, 2.75) is 26.0 Å². The van der Waals surface area contributed by atoms with E-state index in [4.69, 9.17) is 9.47 Å². The summed E-state index contributed by atoms with van der Waals surface area (Å²) in [4.78, 5) is 38.6. The second-order valence-corrected chi connectivity index (χ2v) is 7.17. The molecule has 3 amide bonds. The Kier molecular flexibility index (Phi) is 6.07. The van der Waals surface area contributed by atoms with Gasteiger partial charge in [-0.05, 0) is 49.7 Å². The zero-order chi connectivity index (χ0) is 22.0. The van der Waals surface area contributed by atoms with Gasteiger partial charge in [0, 0.05) is 18.2 Å². The molecule has 1 aliphatic rings. The fourth-order valence-electron chi connectivity index (χ4n) is 3.34. The molecule has 0 aromatic heterocycles. The van der Waals surface area contributed by atoms with E-state index in [-0.39, 0.29) is 35.2 Å². The molecule has 0 saturated carbocycles. The molecule has 1 aliphatic heterocycles. The Balaban J connectivity index is 1.71. The first-order valence-corrected chi connectivity index (χ1v) is 9.48.